The van der Waals surface area contributed by atoms with Gasteiger partial charge in [0.15, 0.2) is 11.0 Å². The third kappa shape index (κ3) is 6.70. The number of rotatable bonds is 10. The minimum atomic E-state index is -0.224. The fourth-order valence-corrected chi connectivity index (χ4v) is 4.09. The number of hydrogen-bond donors (Lipinski definition) is 2. The van der Waals surface area contributed by atoms with Crippen LogP contribution in [-0.2, 0) is 17.9 Å². The molecule has 4 rings (SSSR count). The van der Waals surface area contributed by atoms with Crippen molar-refractivity contribution in [1.29, 1.82) is 0 Å². The zero-order chi connectivity index (χ0) is 24.5. The fraction of sp³-hybridized carbons (Fsp3) is 0.154. The van der Waals surface area contributed by atoms with Gasteiger partial charge in [0.05, 0.1) is 26.0 Å². The number of thioether (sulfide) groups is 1. The largest absolute Gasteiger partial charge is 0.497 e. The Morgan fingerprint density at radius 3 is 2.29 bits per heavy atom. The molecular formula is C26H25N5O3S. The topological polar surface area (TPSA) is 98.1 Å². The van der Waals surface area contributed by atoms with E-state index in [2.05, 4.69) is 20.8 Å². The number of para-hydroxylation sites is 1. The van der Waals surface area contributed by atoms with Gasteiger partial charge in [0, 0.05) is 11.3 Å². The van der Waals surface area contributed by atoms with Crippen molar-refractivity contribution in [2.75, 3.05) is 18.2 Å². The molecule has 178 valence electrons. The molecular weight excluding hydrogens is 462 g/mol. The van der Waals surface area contributed by atoms with E-state index < -0.39 is 0 Å². The molecule has 0 saturated carbocycles. The summed E-state index contributed by atoms with van der Waals surface area (Å²) in [5.74, 6) is 1.10. The molecule has 0 spiro atoms. The molecule has 4 aromatic rings. The lowest BCUT2D eigenvalue weighted by Crippen LogP contribution is -2.25. The van der Waals surface area contributed by atoms with Crippen molar-refractivity contribution < 1.29 is 14.3 Å². The second kappa shape index (κ2) is 11.8. The second-order valence-corrected chi connectivity index (χ2v) is 8.53. The van der Waals surface area contributed by atoms with E-state index in [1.165, 1.54) is 11.8 Å². The number of anilines is 1. The summed E-state index contributed by atoms with van der Waals surface area (Å²) < 4.78 is 7.06. The van der Waals surface area contributed by atoms with Crippen LogP contribution >= 0.6 is 11.8 Å². The Morgan fingerprint density at radius 2 is 1.60 bits per heavy atom. The van der Waals surface area contributed by atoms with Gasteiger partial charge in [0.2, 0.25) is 5.91 Å². The van der Waals surface area contributed by atoms with E-state index in [0.29, 0.717) is 28.8 Å². The van der Waals surface area contributed by atoms with Gasteiger partial charge in [-0.25, -0.2) is 0 Å². The molecule has 9 heteroatoms. The molecule has 3 aromatic carbocycles. The van der Waals surface area contributed by atoms with Gasteiger partial charge in [-0.1, -0.05) is 60.3 Å². The SMILES string of the molecule is COc1ccc(C(=O)NCc2nnc(SCC(=O)Nc3ccccc3)n2Cc2ccccc2)cc1. The lowest BCUT2D eigenvalue weighted by molar-refractivity contribution is -0.113. The standard InChI is InChI=1S/C26H25N5O3S/c1-34-22-14-12-20(13-15-22)25(33)27-16-23-29-30-26(31(23)17-19-8-4-2-5-9-19)35-18-24(32)28-21-10-6-3-7-11-21/h2-15H,16-18H2,1H3,(H,27,33)(H,28,32). The number of amides is 2. The fourth-order valence-electron chi connectivity index (χ4n) is 3.33. The average Bonchev–Trinajstić information content (AvgIpc) is 3.28. The summed E-state index contributed by atoms with van der Waals surface area (Å²) >= 11 is 1.30. The number of aromatic nitrogens is 3. The summed E-state index contributed by atoms with van der Waals surface area (Å²) in [6, 6.07) is 26.1. The first-order valence-corrected chi connectivity index (χ1v) is 12.0. The number of methoxy groups -OCH3 is 1. The first-order valence-electron chi connectivity index (χ1n) is 11.0. The van der Waals surface area contributed by atoms with E-state index in [1.54, 1.807) is 31.4 Å². The first-order chi connectivity index (χ1) is 17.1. The van der Waals surface area contributed by atoms with E-state index in [0.717, 1.165) is 11.3 Å². The van der Waals surface area contributed by atoms with Gasteiger partial charge < -0.3 is 19.9 Å². The van der Waals surface area contributed by atoms with Crippen LogP contribution in [0, 0.1) is 0 Å². The third-order valence-electron chi connectivity index (χ3n) is 5.13. The van der Waals surface area contributed by atoms with Crippen molar-refractivity contribution in [3.05, 3.63) is 102 Å². The summed E-state index contributed by atoms with van der Waals surface area (Å²) in [4.78, 5) is 25.0. The van der Waals surface area contributed by atoms with E-state index >= 15 is 0 Å². The van der Waals surface area contributed by atoms with Crippen LogP contribution in [0.2, 0.25) is 0 Å². The molecule has 0 fully saturated rings. The summed E-state index contributed by atoms with van der Waals surface area (Å²) in [5, 5.41) is 15.0. The highest BCUT2D eigenvalue weighted by Gasteiger charge is 2.16. The lowest BCUT2D eigenvalue weighted by Gasteiger charge is -2.11. The van der Waals surface area contributed by atoms with Gasteiger partial charge in [-0.05, 0) is 42.0 Å². The van der Waals surface area contributed by atoms with E-state index in [9.17, 15) is 9.59 Å². The Balaban J connectivity index is 1.45. The van der Waals surface area contributed by atoms with Crippen LogP contribution in [0.25, 0.3) is 0 Å². The zero-order valence-electron chi connectivity index (χ0n) is 19.2. The molecule has 2 N–H and O–H groups in total. The van der Waals surface area contributed by atoms with Gasteiger partial charge in [-0.2, -0.15) is 0 Å². The molecule has 2 amide bonds. The van der Waals surface area contributed by atoms with Crippen LogP contribution in [0.4, 0.5) is 5.69 Å². The number of nitrogens with zero attached hydrogens (tertiary/aromatic N) is 3. The molecule has 8 nitrogen and oxygen atoms in total. The smallest absolute Gasteiger partial charge is 0.251 e. The van der Waals surface area contributed by atoms with Crippen molar-refractivity contribution in [2.24, 2.45) is 0 Å². The van der Waals surface area contributed by atoms with Crippen molar-refractivity contribution in [1.82, 2.24) is 20.1 Å². The zero-order valence-corrected chi connectivity index (χ0v) is 20.0. The average molecular weight is 488 g/mol. The van der Waals surface area contributed by atoms with E-state index in [1.807, 2.05) is 65.2 Å². The molecule has 0 aliphatic carbocycles. The van der Waals surface area contributed by atoms with Crippen molar-refractivity contribution in [2.45, 2.75) is 18.2 Å². The van der Waals surface area contributed by atoms with Crippen LogP contribution in [0.3, 0.4) is 0 Å². The molecule has 0 atom stereocenters. The van der Waals surface area contributed by atoms with Gasteiger partial charge in [-0.15, -0.1) is 10.2 Å². The van der Waals surface area contributed by atoms with Gasteiger partial charge >= 0.3 is 0 Å². The molecule has 0 aliphatic heterocycles. The lowest BCUT2D eigenvalue weighted by atomic mass is 10.2. The number of hydrogen-bond acceptors (Lipinski definition) is 6. The van der Waals surface area contributed by atoms with Crippen LogP contribution in [0.15, 0.2) is 90.1 Å². The van der Waals surface area contributed by atoms with E-state index in [4.69, 9.17) is 4.74 Å². The maximum Gasteiger partial charge on any atom is 0.251 e. The Hall–Kier alpha value is -4.11. The first kappa shape index (κ1) is 24.0. The Kier molecular flexibility index (Phi) is 8.13. The number of ether oxygens (including phenoxy) is 1. The number of benzene rings is 3. The summed E-state index contributed by atoms with van der Waals surface area (Å²) in [7, 11) is 1.58. The van der Waals surface area contributed by atoms with Gasteiger partial charge in [-0.3, -0.25) is 9.59 Å². The summed E-state index contributed by atoms with van der Waals surface area (Å²) in [6.45, 7) is 0.714. The van der Waals surface area contributed by atoms with Crippen molar-refractivity contribution >= 4 is 29.3 Å². The normalized spacial score (nSPS) is 10.5. The monoisotopic (exact) mass is 487 g/mol. The number of nitrogens with one attached hydrogen (secondary N) is 2. The highest BCUT2D eigenvalue weighted by Crippen LogP contribution is 2.20. The molecule has 0 bridgehead atoms. The summed E-state index contributed by atoms with van der Waals surface area (Å²) in [5.41, 5.74) is 2.32. The molecule has 0 unspecified atom stereocenters. The third-order valence-corrected chi connectivity index (χ3v) is 6.09. The van der Waals surface area contributed by atoms with Crippen molar-refractivity contribution in [3.8, 4) is 5.75 Å². The molecule has 1 aromatic heterocycles. The Bertz CT molecular complexity index is 1260. The summed E-state index contributed by atoms with van der Waals surface area (Å²) in [6.07, 6.45) is 0. The molecule has 0 radical (unpaired) electrons. The highest BCUT2D eigenvalue weighted by molar-refractivity contribution is 7.99. The predicted octanol–water partition coefficient (Wildman–Crippen LogP) is 4.00. The van der Waals surface area contributed by atoms with Gasteiger partial charge in [0.1, 0.15) is 5.75 Å². The Labute approximate surface area is 207 Å². The van der Waals surface area contributed by atoms with Crippen molar-refractivity contribution in [3.63, 3.8) is 0 Å². The minimum Gasteiger partial charge on any atom is -0.497 e. The predicted molar refractivity (Wildman–Crippen MR) is 136 cm³/mol. The molecule has 35 heavy (non-hydrogen) atoms. The van der Waals surface area contributed by atoms with Crippen LogP contribution in [0.1, 0.15) is 21.7 Å². The van der Waals surface area contributed by atoms with Crippen LogP contribution in [-0.4, -0.2) is 39.4 Å². The van der Waals surface area contributed by atoms with Gasteiger partial charge in [0.25, 0.3) is 5.91 Å². The van der Waals surface area contributed by atoms with Crippen LogP contribution in [0.5, 0.6) is 5.75 Å². The van der Waals surface area contributed by atoms with Crippen LogP contribution < -0.4 is 15.4 Å². The highest BCUT2D eigenvalue weighted by atomic mass is 32.2. The maximum absolute atomic E-state index is 12.6. The second-order valence-electron chi connectivity index (χ2n) is 7.58. The molecule has 0 aliphatic rings. The minimum absolute atomic E-state index is 0.134. The quantitative estimate of drug-likeness (QED) is 0.328. The maximum atomic E-state index is 12.6. The Morgan fingerprint density at radius 1 is 0.914 bits per heavy atom. The number of carbonyl (C=O) groups is 2. The molecule has 1 heterocycles. The van der Waals surface area contributed by atoms with E-state index in [-0.39, 0.29) is 24.1 Å². The molecule has 0 saturated heterocycles. The number of carbonyl (C=O) groups excluding carboxylic acids is 2.